The van der Waals surface area contributed by atoms with Gasteiger partial charge in [-0.05, 0) is 13.3 Å². The molecule has 18 heavy (non-hydrogen) atoms. The third-order valence-electron chi connectivity index (χ3n) is 2.51. The van der Waals surface area contributed by atoms with Crippen molar-refractivity contribution in [1.29, 1.82) is 0 Å². The second kappa shape index (κ2) is 5.95. The summed E-state index contributed by atoms with van der Waals surface area (Å²) in [6.45, 7) is 9.75. The van der Waals surface area contributed by atoms with Gasteiger partial charge in [0.05, 0.1) is 5.69 Å². The largest absolute Gasteiger partial charge is 0.476 e. The number of ether oxygens (including phenoxy) is 1. The summed E-state index contributed by atoms with van der Waals surface area (Å²) in [6, 6.07) is 0. The average molecular weight is 255 g/mol. The number of aromatic nitrogens is 3. The number of hydrogen-bond acceptors (Lipinski definition) is 4. The van der Waals surface area contributed by atoms with Crippen LogP contribution >= 0.6 is 0 Å². The Hall–Kier alpha value is -1.43. The maximum atomic E-state index is 11.1. The van der Waals surface area contributed by atoms with Crippen LogP contribution in [0, 0.1) is 0 Å². The Morgan fingerprint density at radius 1 is 1.44 bits per heavy atom. The van der Waals surface area contributed by atoms with E-state index < -0.39 is 5.97 Å². The van der Waals surface area contributed by atoms with Gasteiger partial charge in [0.15, 0.2) is 5.69 Å². The number of carboxylic acid groups (broad SMARTS) is 1. The van der Waals surface area contributed by atoms with E-state index in [9.17, 15) is 4.79 Å². The Balaban J connectivity index is 2.88. The van der Waals surface area contributed by atoms with E-state index in [1.807, 2.05) is 27.7 Å². The monoisotopic (exact) mass is 255 g/mol. The maximum absolute atomic E-state index is 11.1. The van der Waals surface area contributed by atoms with Gasteiger partial charge in [0, 0.05) is 25.2 Å². The van der Waals surface area contributed by atoms with Crippen molar-refractivity contribution in [3.05, 3.63) is 11.4 Å². The number of aryl methyl sites for hydroxylation is 1. The molecule has 6 heteroatoms. The van der Waals surface area contributed by atoms with Crippen LogP contribution in [-0.2, 0) is 16.7 Å². The molecule has 1 N–H and O–H groups in total. The SMILES string of the molecule is CCOCCCn1nnc(C(=O)O)c1C(C)(C)C. The van der Waals surface area contributed by atoms with E-state index in [1.54, 1.807) is 4.68 Å². The molecule has 0 aliphatic carbocycles. The molecule has 1 rings (SSSR count). The van der Waals surface area contributed by atoms with E-state index in [-0.39, 0.29) is 11.1 Å². The molecule has 0 saturated heterocycles. The van der Waals surface area contributed by atoms with Crippen molar-refractivity contribution < 1.29 is 14.6 Å². The topological polar surface area (TPSA) is 77.2 Å². The van der Waals surface area contributed by atoms with Crippen molar-refractivity contribution in [3.8, 4) is 0 Å². The number of carboxylic acids is 1. The summed E-state index contributed by atoms with van der Waals surface area (Å²) >= 11 is 0. The molecule has 0 bridgehead atoms. The van der Waals surface area contributed by atoms with E-state index in [4.69, 9.17) is 9.84 Å². The van der Waals surface area contributed by atoms with Gasteiger partial charge in [-0.3, -0.25) is 0 Å². The molecule has 0 fully saturated rings. The highest BCUT2D eigenvalue weighted by Crippen LogP contribution is 2.24. The van der Waals surface area contributed by atoms with Crippen LogP contribution in [0.3, 0.4) is 0 Å². The normalized spacial score (nSPS) is 11.8. The zero-order chi connectivity index (χ0) is 13.8. The molecule has 6 nitrogen and oxygen atoms in total. The number of aromatic carboxylic acids is 1. The Morgan fingerprint density at radius 2 is 2.11 bits per heavy atom. The fourth-order valence-electron chi connectivity index (χ4n) is 1.82. The molecular weight excluding hydrogens is 234 g/mol. The van der Waals surface area contributed by atoms with Crippen LogP contribution in [0.25, 0.3) is 0 Å². The van der Waals surface area contributed by atoms with Gasteiger partial charge in [0.2, 0.25) is 0 Å². The molecule has 0 aromatic carbocycles. The summed E-state index contributed by atoms with van der Waals surface area (Å²) in [5.41, 5.74) is 0.397. The molecule has 1 aromatic heterocycles. The lowest BCUT2D eigenvalue weighted by Gasteiger charge is -2.20. The lowest BCUT2D eigenvalue weighted by Crippen LogP contribution is -2.22. The second-order valence-electron chi connectivity index (χ2n) is 5.12. The molecule has 1 aromatic rings. The van der Waals surface area contributed by atoms with E-state index in [0.717, 1.165) is 6.42 Å². The molecule has 0 aliphatic rings. The van der Waals surface area contributed by atoms with Crippen LogP contribution in [0.4, 0.5) is 0 Å². The first-order chi connectivity index (χ1) is 8.38. The minimum atomic E-state index is -1.03. The summed E-state index contributed by atoms with van der Waals surface area (Å²) < 4.78 is 6.93. The van der Waals surface area contributed by atoms with Crippen LogP contribution in [0.5, 0.6) is 0 Å². The summed E-state index contributed by atoms with van der Waals surface area (Å²) in [4.78, 5) is 11.1. The smallest absolute Gasteiger partial charge is 0.358 e. The van der Waals surface area contributed by atoms with Crippen LogP contribution in [-0.4, -0.2) is 39.3 Å². The fraction of sp³-hybridized carbons (Fsp3) is 0.750. The van der Waals surface area contributed by atoms with Gasteiger partial charge in [-0.15, -0.1) is 5.10 Å². The highest BCUT2D eigenvalue weighted by atomic mass is 16.5. The molecule has 0 radical (unpaired) electrons. The highest BCUT2D eigenvalue weighted by molar-refractivity contribution is 5.86. The number of hydrogen-bond donors (Lipinski definition) is 1. The first-order valence-corrected chi connectivity index (χ1v) is 6.13. The van der Waals surface area contributed by atoms with Gasteiger partial charge in [-0.2, -0.15) is 0 Å². The minimum Gasteiger partial charge on any atom is -0.476 e. The van der Waals surface area contributed by atoms with Crippen LogP contribution < -0.4 is 0 Å². The van der Waals surface area contributed by atoms with E-state index in [2.05, 4.69) is 10.3 Å². The predicted molar refractivity (Wildman–Crippen MR) is 66.8 cm³/mol. The summed E-state index contributed by atoms with van der Waals surface area (Å²) in [6.07, 6.45) is 0.791. The van der Waals surface area contributed by atoms with Gasteiger partial charge in [-0.1, -0.05) is 26.0 Å². The Bertz CT molecular complexity index is 407. The summed E-state index contributed by atoms with van der Waals surface area (Å²) in [5.74, 6) is -1.03. The van der Waals surface area contributed by atoms with Gasteiger partial charge in [0.1, 0.15) is 0 Å². The Labute approximate surface area is 107 Å². The minimum absolute atomic E-state index is 0.0407. The highest BCUT2D eigenvalue weighted by Gasteiger charge is 2.28. The van der Waals surface area contributed by atoms with Gasteiger partial charge >= 0.3 is 5.97 Å². The van der Waals surface area contributed by atoms with E-state index >= 15 is 0 Å². The van der Waals surface area contributed by atoms with Crippen LogP contribution in [0.2, 0.25) is 0 Å². The Kier molecular flexibility index (Phi) is 4.84. The van der Waals surface area contributed by atoms with Crippen molar-refractivity contribution in [2.45, 2.75) is 46.1 Å². The molecule has 0 saturated carbocycles. The third-order valence-corrected chi connectivity index (χ3v) is 2.51. The van der Waals surface area contributed by atoms with Crippen molar-refractivity contribution in [1.82, 2.24) is 15.0 Å². The number of nitrogens with zero attached hydrogens (tertiary/aromatic N) is 3. The van der Waals surface area contributed by atoms with Crippen molar-refractivity contribution >= 4 is 5.97 Å². The summed E-state index contributed by atoms with van der Waals surface area (Å²) in [7, 11) is 0. The first kappa shape index (κ1) is 14.6. The molecule has 0 spiro atoms. The maximum Gasteiger partial charge on any atom is 0.358 e. The van der Waals surface area contributed by atoms with E-state index in [0.29, 0.717) is 25.5 Å². The summed E-state index contributed by atoms with van der Waals surface area (Å²) in [5, 5.41) is 16.8. The zero-order valence-electron chi connectivity index (χ0n) is 11.4. The molecule has 0 unspecified atom stereocenters. The molecule has 0 aliphatic heterocycles. The third kappa shape index (κ3) is 3.53. The molecular formula is C12H21N3O3. The average Bonchev–Trinajstić information content (AvgIpc) is 2.68. The van der Waals surface area contributed by atoms with Crippen LogP contribution in [0.1, 0.15) is 50.3 Å². The quantitative estimate of drug-likeness (QED) is 0.783. The Morgan fingerprint density at radius 3 is 2.61 bits per heavy atom. The second-order valence-corrected chi connectivity index (χ2v) is 5.12. The standard InChI is InChI=1S/C12H21N3O3/c1-5-18-8-6-7-15-10(12(2,3)4)9(11(16)17)13-14-15/h5-8H2,1-4H3,(H,16,17). The first-order valence-electron chi connectivity index (χ1n) is 6.13. The van der Waals surface area contributed by atoms with Crippen LogP contribution in [0.15, 0.2) is 0 Å². The van der Waals surface area contributed by atoms with E-state index in [1.165, 1.54) is 0 Å². The van der Waals surface area contributed by atoms with Crippen molar-refractivity contribution in [2.75, 3.05) is 13.2 Å². The predicted octanol–water partition coefficient (Wildman–Crippen LogP) is 1.70. The zero-order valence-corrected chi connectivity index (χ0v) is 11.4. The van der Waals surface area contributed by atoms with Crippen molar-refractivity contribution in [2.24, 2.45) is 0 Å². The molecule has 0 atom stereocenters. The van der Waals surface area contributed by atoms with Gasteiger partial charge < -0.3 is 9.84 Å². The number of rotatable bonds is 6. The molecule has 0 amide bonds. The van der Waals surface area contributed by atoms with Crippen molar-refractivity contribution in [3.63, 3.8) is 0 Å². The lowest BCUT2D eigenvalue weighted by atomic mass is 9.90. The molecule has 102 valence electrons. The lowest BCUT2D eigenvalue weighted by molar-refractivity contribution is 0.0687. The number of carbonyl (C=O) groups is 1. The molecule has 1 heterocycles. The van der Waals surface area contributed by atoms with Gasteiger partial charge in [0.25, 0.3) is 0 Å². The van der Waals surface area contributed by atoms with Gasteiger partial charge in [-0.25, -0.2) is 9.48 Å². The fourth-order valence-corrected chi connectivity index (χ4v) is 1.82.